The Morgan fingerprint density at radius 2 is 2.40 bits per heavy atom. The standard InChI is InChI=1S/C6H11NO3/c1-2-7-10-6(9)4-3-5-8/h5,7H,2-4H2,1H3. The Morgan fingerprint density at radius 1 is 1.70 bits per heavy atom. The fraction of sp³-hybridized carbons (Fsp3) is 0.667. The van der Waals surface area contributed by atoms with E-state index in [0.29, 0.717) is 12.8 Å². The van der Waals surface area contributed by atoms with Crippen LogP contribution in [0.2, 0.25) is 0 Å². The molecule has 0 aliphatic carbocycles. The predicted molar refractivity (Wildman–Crippen MR) is 35.1 cm³/mol. The van der Waals surface area contributed by atoms with E-state index in [0.717, 1.165) is 0 Å². The molecule has 0 unspecified atom stereocenters. The Bertz CT molecular complexity index is 114. The van der Waals surface area contributed by atoms with Crippen LogP contribution in [0.5, 0.6) is 0 Å². The zero-order valence-corrected chi connectivity index (χ0v) is 5.92. The van der Waals surface area contributed by atoms with Gasteiger partial charge in [-0.25, -0.2) is 0 Å². The summed E-state index contributed by atoms with van der Waals surface area (Å²) in [6.45, 7) is 2.39. The van der Waals surface area contributed by atoms with Crippen molar-refractivity contribution in [2.75, 3.05) is 6.54 Å². The van der Waals surface area contributed by atoms with Crippen LogP contribution in [0.1, 0.15) is 19.8 Å². The van der Waals surface area contributed by atoms with Gasteiger partial charge in [0, 0.05) is 13.0 Å². The molecule has 58 valence electrons. The van der Waals surface area contributed by atoms with Crippen molar-refractivity contribution in [3.8, 4) is 0 Å². The first-order chi connectivity index (χ1) is 4.81. The Balaban J connectivity index is 3.16. The highest BCUT2D eigenvalue weighted by Crippen LogP contribution is 1.86. The summed E-state index contributed by atoms with van der Waals surface area (Å²) in [5, 5.41) is 0. The summed E-state index contributed by atoms with van der Waals surface area (Å²) in [6, 6.07) is 0. The average molecular weight is 145 g/mol. The van der Waals surface area contributed by atoms with Crippen LogP contribution in [0.3, 0.4) is 0 Å². The maximum Gasteiger partial charge on any atom is 0.325 e. The van der Waals surface area contributed by atoms with Crippen LogP contribution < -0.4 is 5.48 Å². The van der Waals surface area contributed by atoms with Crippen molar-refractivity contribution in [1.82, 2.24) is 5.48 Å². The highest BCUT2D eigenvalue weighted by molar-refractivity contribution is 5.72. The van der Waals surface area contributed by atoms with E-state index >= 15 is 0 Å². The fourth-order valence-corrected chi connectivity index (χ4v) is 0.380. The molecule has 0 atom stereocenters. The van der Waals surface area contributed by atoms with Gasteiger partial charge in [0.05, 0.1) is 6.42 Å². The third-order valence-electron chi connectivity index (χ3n) is 0.797. The van der Waals surface area contributed by atoms with Gasteiger partial charge < -0.3 is 9.63 Å². The summed E-state index contributed by atoms with van der Waals surface area (Å²) in [6.07, 6.45) is 1.06. The van der Waals surface area contributed by atoms with Crippen molar-refractivity contribution < 1.29 is 14.4 Å². The number of rotatable bonds is 5. The third kappa shape index (κ3) is 5.24. The number of carbonyl (C=O) groups excluding carboxylic acids is 2. The van der Waals surface area contributed by atoms with Gasteiger partial charge in [-0.15, -0.1) is 0 Å². The third-order valence-corrected chi connectivity index (χ3v) is 0.797. The van der Waals surface area contributed by atoms with Gasteiger partial charge in [-0.05, 0) is 6.92 Å². The van der Waals surface area contributed by atoms with E-state index in [1.165, 1.54) is 0 Å². The second-order valence-corrected chi connectivity index (χ2v) is 1.68. The second kappa shape index (κ2) is 6.22. The van der Waals surface area contributed by atoms with Gasteiger partial charge in [0.15, 0.2) is 0 Å². The Hall–Kier alpha value is -0.900. The van der Waals surface area contributed by atoms with Crippen molar-refractivity contribution >= 4 is 12.3 Å². The molecule has 0 aliphatic heterocycles. The summed E-state index contributed by atoms with van der Waals surface area (Å²) in [5.74, 6) is -0.394. The lowest BCUT2D eigenvalue weighted by Crippen LogP contribution is -2.19. The minimum atomic E-state index is -0.394. The summed E-state index contributed by atoms with van der Waals surface area (Å²) in [4.78, 5) is 24.7. The summed E-state index contributed by atoms with van der Waals surface area (Å²) < 4.78 is 0. The number of hydrogen-bond donors (Lipinski definition) is 1. The number of hydroxylamine groups is 1. The number of hydrogen-bond acceptors (Lipinski definition) is 4. The molecule has 1 N–H and O–H groups in total. The molecule has 0 radical (unpaired) electrons. The molecule has 0 rings (SSSR count). The summed E-state index contributed by atoms with van der Waals surface area (Å²) in [5.41, 5.74) is 2.39. The van der Waals surface area contributed by atoms with Crippen LogP contribution in [-0.4, -0.2) is 18.8 Å². The van der Waals surface area contributed by atoms with E-state index < -0.39 is 5.97 Å². The lowest BCUT2D eigenvalue weighted by molar-refractivity contribution is -0.151. The monoisotopic (exact) mass is 145 g/mol. The fourth-order valence-electron chi connectivity index (χ4n) is 0.380. The van der Waals surface area contributed by atoms with Gasteiger partial charge in [-0.2, -0.15) is 5.48 Å². The SMILES string of the molecule is CCNOC(=O)CCC=O. The van der Waals surface area contributed by atoms with E-state index in [1.807, 2.05) is 6.92 Å². The molecule has 4 heteroatoms. The van der Waals surface area contributed by atoms with Gasteiger partial charge in [0.2, 0.25) is 0 Å². The molecule has 0 aliphatic rings. The number of carbonyl (C=O) groups is 2. The smallest absolute Gasteiger partial charge is 0.325 e. The molecule has 0 spiro atoms. The summed E-state index contributed by atoms with van der Waals surface area (Å²) >= 11 is 0. The van der Waals surface area contributed by atoms with Crippen molar-refractivity contribution in [3.05, 3.63) is 0 Å². The van der Waals surface area contributed by atoms with Crippen LogP contribution in [0.4, 0.5) is 0 Å². The van der Waals surface area contributed by atoms with Gasteiger partial charge in [-0.1, -0.05) is 0 Å². The molecular formula is C6H11NO3. The van der Waals surface area contributed by atoms with Gasteiger partial charge >= 0.3 is 5.97 Å². The Morgan fingerprint density at radius 3 is 2.90 bits per heavy atom. The first-order valence-electron chi connectivity index (χ1n) is 3.17. The van der Waals surface area contributed by atoms with Crippen LogP contribution in [0.25, 0.3) is 0 Å². The van der Waals surface area contributed by atoms with E-state index in [9.17, 15) is 9.59 Å². The van der Waals surface area contributed by atoms with E-state index in [-0.39, 0.29) is 12.8 Å². The first kappa shape index (κ1) is 9.10. The molecule has 0 aromatic heterocycles. The summed E-state index contributed by atoms with van der Waals surface area (Å²) in [7, 11) is 0. The van der Waals surface area contributed by atoms with Crippen LogP contribution in [0.15, 0.2) is 0 Å². The van der Waals surface area contributed by atoms with Gasteiger partial charge in [0.1, 0.15) is 6.29 Å². The normalized spacial score (nSPS) is 8.90. The molecule has 0 aromatic rings. The molecule has 0 amide bonds. The van der Waals surface area contributed by atoms with E-state index in [2.05, 4.69) is 10.3 Å². The molecule has 4 nitrogen and oxygen atoms in total. The average Bonchev–Trinajstić information content (AvgIpc) is 1.97. The van der Waals surface area contributed by atoms with Crippen LogP contribution >= 0.6 is 0 Å². The topological polar surface area (TPSA) is 55.4 Å². The van der Waals surface area contributed by atoms with Crippen LogP contribution in [0, 0.1) is 0 Å². The maximum atomic E-state index is 10.5. The van der Waals surface area contributed by atoms with E-state index in [1.54, 1.807) is 0 Å². The highest BCUT2D eigenvalue weighted by Gasteiger charge is 1.99. The first-order valence-corrected chi connectivity index (χ1v) is 3.17. The Labute approximate surface area is 59.5 Å². The molecule has 0 heterocycles. The zero-order chi connectivity index (χ0) is 7.82. The predicted octanol–water partition coefficient (Wildman–Crippen LogP) is 0.0332. The second-order valence-electron chi connectivity index (χ2n) is 1.68. The van der Waals surface area contributed by atoms with Crippen molar-refractivity contribution in [2.24, 2.45) is 0 Å². The van der Waals surface area contributed by atoms with Gasteiger partial charge in [-0.3, -0.25) is 4.79 Å². The minimum Gasteiger partial charge on any atom is -0.371 e. The Kier molecular flexibility index (Phi) is 5.66. The van der Waals surface area contributed by atoms with E-state index in [4.69, 9.17) is 0 Å². The molecule has 0 saturated heterocycles. The molecular weight excluding hydrogens is 134 g/mol. The maximum absolute atomic E-state index is 10.5. The molecule has 0 aromatic carbocycles. The zero-order valence-electron chi connectivity index (χ0n) is 5.92. The molecule has 0 saturated carbocycles. The highest BCUT2D eigenvalue weighted by atomic mass is 16.7. The molecule has 10 heavy (non-hydrogen) atoms. The largest absolute Gasteiger partial charge is 0.371 e. The van der Waals surface area contributed by atoms with Crippen LogP contribution in [-0.2, 0) is 14.4 Å². The number of aldehydes is 1. The number of nitrogens with one attached hydrogen (secondary N) is 1. The van der Waals surface area contributed by atoms with Crippen molar-refractivity contribution in [3.63, 3.8) is 0 Å². The lowest BCUT2D eigenvalue weighted by Gasteiger charge is -1.99. The lowest BCUT2D eigenvalue weighted by atomic mass is 10.3. The minimum absolute atomic E-state index is 0.149. The molecule has 0 fully saturated rings. The van der Waals surface area contributed by atoms with Crippen molar-refractivity contribution in [1.29, 1.82) is 0 Å². The molecule has 0 bridgehead atoms. The van der Waals surface area contributed by atoms with Gasteiger partial charge in [0.25, 0.3) is 0 Å². The quantitative estimate of drug-likeness (QED) is 0.438. The van der Waals surface area contributed by atoms with Crippen molar-refractivity contribution in [2.45, 2.75) is 19.8 Å².